The summed E-state index contributed by atoms with van der Waals surface area (Å²) >= 11 is 7.69. The molecule has 0 radical (unpaired) electrons. The third-order valence-corrected chi connectivity index (χ3v) is 3.32. The summed E-state index contributed by atoms with van der Waals surface area (Å²) < 4.78 is 0. The Balaban J connectivity index is 1.74. The first-order chi connectivity index (χ1) is 7.86. The van der Waals surface area contributed by atoms with Crippen LogP contribution in [0, 0.1) is 0 Å². The molecule has 0 aliphatic carbocycles. The lowest BCUT2D eigenvalue weighted by molar-refractivity contribution is 0.681. The van der Waals surface area contributed by atoms with Crippen LogP contribution < -0.4 is 5.32 Å². The molecule has 4 heteroatoms. The van der Waals surface area contributed by atoms with Crippen LogP contribution in [0.5, 0.6) is 0 Å². The molecule has 0 spiro atoms. The second kappa shape index (κ2) is 5.99. The number of rotatable bonds is 5. The topological polar surface area (TPSA) is 24.9 Å². The van der Waals surface area contributed by atoms with Gasteiger partial charge in [-0.05, 0) is 11.6 Å². The van der Waals surface area contributed by atoms with E-state index in [2.05, 4.69) is 15.7 Å². The molecule has 2 rings (SSSR count). The molecule has 0 aliphatic heterocycles. The minimum absolute atomic E-state index is 0.809. The lowest BCUT2D eigenvalue weighted by Crippen LogP contribution is -2.16. The zero-order chi connectivity index (χ0) is 11.2. The Kier molecular flexibility index (Phi) is 4.34. The van der Waals surface area contributed by atoms with E-state index in [4.69, 9.17) is 11.6 Å². The maximum atomic E-state index is 6.05. The molecular weight excluding hydrogens is 240 g/mol. The van der Waals surface area contributed by atoms with Crippen LogP contribution in [-0.4, -0.2) is 11.5 Å². The number of aromatic nitrogens is 1. The summed E-state index contributed by atoms with van der Waals surface area (Å²) in [6, 6.07) is 7.90. The second-order valence-electron chi connectivity index (χ2n) is 3.50. The molecule has 1 aromatic heterocycles. The quantitative estimate of drug-likeness (QED) is 0.827. The van der Waals surface area contributed by atoms with Crippen molar-refractivity contribution in [1.82, 2.24) is 10.3 Å². The van der Waals surface area contributed by atoms with Gasteiger partial charge in [0.15, 0.2) is 0 Å². The highest BCUT2D eigenvalue weighted by Crippen LogP contribution is 2.14. The molecular formula is C12H13ClN2S. The van der Waals surface area contributed by atoms with E-state index in [0.29, 0.717) is 0 Å². The van der Waals surface area contributed by atoms with Crippen molar-refractivity contribution in [2.75, 3.05) is 6.54 Å². The van der Waals surface area contributed by atoms with E-state index in [-0.39, 0.29) is 0 Å². The molecule has 0 unspecified atom stereocenters. The third kappa shape index (κ3) is 3.30. The Labute approximate surface area is 104 Å². The summed E-state index contributed by atoms with van der Waals surface area (Å²) in [5, 5.41) is 6.26. The van der Waals surface area contributed by atoms with E-state index in [1.54, 1.807) is 11.3 Å². The molecule has 0 bridgehead atoms. The zero-order valence-corrected chi connectivity index (χ0v) is 10.4. The van der Waals surface area contributed by atoms with Gasteiger partial charge >= 0.3 is 0 Å². The number of halogens is 1. The van der Waals surface area contributed by atoms with Gasteiger partial charge in [-0.1, -0.05) is 29.8 Å². The van der Waals surface area contributed by atoms with Crippen LogP contribution in [0.15, 0.2) is 35.2 Å². The molecule has 0 fully saturated rings. The second-order valence-corrected chi connectivity index (χ2v) is 4.62. The number of nitrogens with zero attached hydrogens (tertiary/aromatic N) is 1. The Hall–Kier alpha value is -0.900. The van der Waals surface area contributed by atoms with Crippen molar-refractivity contribution in [3.05, 3.63) is 51.4 Å². The Morgan fingerprint density at radius 1 is 1.31 bits per heavy atom. The lowest BCUT2D eigenvalue weighted by Gasteiger charge is -2.05. The Morgan fingerprint density at radius 2 is 2.19 bits per heavy atom. The van der Waals surface area contributed by atoms with Gasteiger partial charge in [0.05, 0.1) is 11.2 Å². The van der Waals surface area contributed by atoms with Crippen molar-refractivity contribution in [3.8, 4) is 0 Å². The van der Waals surface area contributed by atoms with Crippen LogP contribution in [-0.2, 0) is 13.0 Å². The normalized spacial score (nSPS) is 10.6. The van der Waals surface area contributed by atoms with Crippen molar-refractivity contribution in [3.63, 3.8) is 0 Å². The zero-order valence-electron chi connectivity index (χ0n) is 8.82. The van der Waals surface area contributed by atoms with Gasteiger partial charge in [0.1, 0.15) is 0 Å². The van der Waals surface area contributed by atoms with Crippen molar-refractivity contribution >= 4 is 22.9 Å². The van der Waals surface area contributed by atoms with Crippen molar-refractivity contribution < 1.29 is 0 Å². The summed E-state index contributed by atoms with van der Waals surface area (Å²) in [5.74, 6) is 0. The van der Waals surface area contributed by atoms with Gasteiger partial charge in [-0.25, -0.2) is 4.98 Å². The molecule has 2 nitrogen and oxygen atoms in total. The summed E-state index contributed by atoms with van der Waals surface area (Å²) in [4.78, 5) is 4.23. The van der Waals surface area contributed by atoms with Gasteiger partial charge < -0.3 is 5.32 Å². The standard InChI is InChI=1S/C12H13ClN2S/c13-12-4-2-1-3-10(12)7-14-6-5-11-8-16-9-15-11/h1-4,8-9,14H,5-7H2. The molecule has 0 atom stereocenters. The molecule has 0 saturated heterocycles. The SMILES string of the molecule is Clc1ccccc1CNCCc1cscn1. The first-order valence-corrected chi connectivity index (χ1v) is 6.49. The van der Waals surface area contributed by atoms with Crippen LogP contribution >= 0.6 is 22.9 Å². The Bertz CT molecular complexity index is 428. The summed E-state index contributed by atoms with van der Waals surface area (Å²) in [7, 11) is 0. The highest BCUT2D eigenvalue weighted by atomic mass is 35.5. The predicted molar refractivity (Wildman–Crippen MR) is 69.0 cm³/mol. The molecule has 0 saturated carbocycles. The smallest absolute Gasteiger partial charge is 0.0794 e. The number of thiazole rings is 1. The molecule has 0 amide bonds. The van der Waals surface area contributed by atoms with E-state index in [1.807, 2.05) is 29.8 Å². The number of nitrogens with one attached hydrogen (secondary N) is 1. The van der Waals surface area contributed by atoms with E-state index in [9.17, 15) is 0 Å². The van der Waals surface area contributed by atoms with Crippen LogP contribution in [0.2, 0.25) is 5.02 Å². The lowest BCUT2D eigenvalue weighted by atomic mass is 10.2. The minimum atomic E-state index is 0.809. The van der Waals surface area contributed by atoms with Gasteiger partial charge in [0.2, 0.25) is 0 Å². The summed E-state index contributed by atoms with van der Waals surface area (Å²) in [6.45, 7) is 1.73. The third-order valence-electron chi connectivity index (χ3n) is 2.31. The predicted octanol–water partition coefficient (Wildman–Crippen LogP) is 3.13. The minimum Gasteiger partial charge on any atom is -0.312 e. The number of benzene rings is 1. The monoisotopic (exact) mass is 252 g/mol. The average molecular weight is 253 g/mol. The van der Waals surface area contributed by atoms with Crippen LogP contribution in [0.3, 0.4) is 0 Å². The van der Waals surface area contributed by atoms with Crippen LogP contribution in [0.25, 0.3) is 0 Å². The molecule has 1 aromatic carbocycles. The fourth-order valence-corrected chi connectivity index (χ4v) is 2.24. The van der Waals surface area contributed by atoms with E-state index in [0.717, 1.165) is 35.8 Å². The molecule has 0 aliphatic rings. The fourth-order valence-electron chi connectivity index (χ4n) is 1.44. The fraction of sp³-hybridized carbons (Fsp3) is 0.250. The van der Waals surface area contributed by atoms with Gasteiger partial charge in [-0.3, -0.25) is 0 Å². The molecule has 1 heterocycles. The molecule has 2 aromatic rings. The average Bonchev–Trinajstić information content (AvgIpc) is 2.79. The van der Waals surface area contributed by atoms with E-state index >= 15 is 0 Å². The van der Waals surface area contributed by atoms with Gasteiger partial charge in [-0.15, -0.1) is 11.3 Å². The molecule has 1 N–H and O–H groups in total. The van der Waals surface area contributed by atoms with Crippen LogP contribution in [0.1, 0.15) is 11.3 Å². The largest absolute Gasteiger partial charge is 0.312 e. The van der Waals surface area contributed by atoms with Gasteiger partial charge in [-0.2, -0.15) is 0 Å². The number of hydrogen-bond acceptors (Lipinski definition) is 3. The van der Waals surface area contributed by atoms with Crippen LogP contribution in [0.4, 0.5) is 0 Å². The van der Waals surface area contributed by atoms with Crippen molar-refractivity contribution in [2.45, 2.75) is 13.0 Å². The summed E-state index contributed by atoms with van der Waals surface area (Å²) in [5.41, 5.74) is 4.16. The first kappa shape index (κ1) is 11.6. The molecule has 84 valence electrons. The maximum Gasteiger partial charge on any atom is 0.0794 e. The molecule has 16 heavy (non-hydrogen) atoms. The Morgan fingerprint density at radius 3 is 2.94 bits per heavy atom. The summed E-state index contributed by atoms with van der Waals surface area (Å²) in [6.07, 6.45) is 0.966. The van der Waals surface area contributed by atoms with Crippen molar-refractivity contribution in [1.29, 1.82) is 0 Å². The van der Waals surface area contributed by atoms with E-state index < -0.39 is 0 Å². The number of hydrogen-bond donors (Lipinski definition) is 1. The highest BCUT2D eigenvalue weighted by Gasteiger charge is 1.98. The maximum absolute atomic E-state index is 6.05. The van der Waals surface area contributed by atoms with Crippen molar-refractivity contribution in [2.24, 2.45) is 0 Å². The van der Waals surface area contributed by atoms with E-state index in [1.165, 1.54) is 0 Å². The van der Waals surface area contributed by atoms with Gasteiger partial charge in [0.25, 0.3) is 0 Å². The first-order valence-electron chi connectivity index (χ1n) is 5.17. The highest BCUT2D eigenvalue weighted by molar-refractivity contribution is 7.07. The van der Waals surface area contributed by atoms with Gasteiger partial charge in [0, 0.05) is 29.9 Å².